The number of hydrogen-bond donors (Lipinski definition) is 1. The van der Waals surface area contributed by atoms with E-state index >= 15 is 0 Å². The number of carbonyl (C=O) groups is 2. The topological polar surface area (TPSA) is 60.9 Å². The van der Waals surface area contributed by atoms with Crippen molar-refractivity contribution in [2.24, 2.45) is 0 Å². The van der Waals surface area contributed by atoms with Gasteiger partial charge in [-0.15, -0.1) is 0 Å². The molecule has 1 unspecified atom stereocenters. The lowest BCUT2D eigenvalue weighted by Crippen LogP contribution is -2.55. The lowest BCUT2D eigenvalue weighted by atomic mass is 10.00. The van der Waals surface area contributed by atoms with Crippen molar-refractivity contribution in [3.8, 4) is 0 Å². The summed E-state index contributed by atoms with van der Waals surface area (Å²) in [6.07, 6.45) is 1.22. The van der Waals surface area contributed by atoms with Crippen LogP contribution < -0.4 is 4.90 Å². The number of aliphatic carboxylic acids is 1. The van der Waals surface area contributed by atoms with Gasteiger partial charge in [0.1, 0.15) is 5.54 Å². The summed E-state index contributed by atoms with van der Waals surface area (Å²) in [5.74, 6) is -0.938. The molecule has 0 saturated carbocycles. The summed E-state index contributed by atoms with van der Waals surface area (Å²) in [6, 6.07) is 9.10. The Hall–Kier alpha value is -2.04. The molecular formula is C15H20N2O3. The highest BCUT2D eigenvalue weighted by Gasteiger charge is 2.47. The van der Waals surface area contributed by atoms with E-state index in [0.717, 1.165) is 12.1 Å². The molecule has 0 radical (unpaired) electrons. The molecule has 1 atom stereocenters. The second-order valence-electron chi connectivity index (χ2n) is 5.20. The Morgan fingerprint density at radius 3 is 2.55 bits per heavy atom. The minimum atomic E-state index is -1.10. The zero-order chi connectivity index (χ0) is 14.8. The maximum absolute atomic E-state index is 12.7. The van der Waals surface area contributed by atoms with E-state index in [2.05, 4.69) is 0 Å². The normalized spacial score (nSPS) is 21.8. The summed E-state index contributed by atoms with van der Waals surface area (Å²) in [5.41, 5.74) is -0.307. The largest absolute Gasteiger partial charge is 0.480 e. The van der Waals surface area contributed by atoms with Crippen LogP contribution >= 0.6 is 0 Å². The Morgan fingerprint density at radius 1 is 1.35 bits per heavy atom. The van der Waals surface area contributed by atoms with E-state index in [0.29, 0.717) is 19.5 Å². The molecule has 2 rings (SSSR count). The molecule has 1 aliphatic heterocycles. The highest BCUT2D eigenvalue weighted by molar-refractivity contribution is 5.96. The second-order valence-corrected chi connectivity index (χ2v) is 5.20. The van der Waals surface area contributed by atoms with Gasteiger partial charge < -0.3 is 10.0 Å². The number of urea groups is 1. The van der Waals surface area contributed by atoms with Crippen molar-refractivity contribution in [1.29, 1.82) is 0 Å². The highest BCUT2D eigenvalue weighted by Crippen LogP contribution is 2.31. The predicted octanol–water partition coefficient (Wildman–Crippen LogP) is 2.57. The van der Waals surface area contributed by atoms with Gasteiger partial charge in [0.25, 0.3) is 0 Å². The van der Waals surface area contributed by atoms with Gasteiger partial charge in [0.05, 0.1) is 0 Å². The summed E-state index contributed by atoms with van der Waals surface area (Å²) in [6.45, 7) is 4.51. The molecular weight excluding hydrogens is 256 g/mol. The first-order valence-electron chi connectivity index (χ1n) is 6.88. The number of rotatable bonds is 3. The fourth-order valence-electron chi connectivity index (χ4n) is 2.67. The van der Waals surface area contributed by atoms with E-state index in [1.807, 2.05) is 37.3 Å². The zero-order valence-corrected chi connectivity index (χ0v) is 11.9. The molecule has 108 valence electrons. The number of carbonyl (C=O) groups excluding carboxylic acids is 1. The van der Waals surface area contributed by atoms with Gasteiger partial charge in [-0.3, -0.25) is 4.90 Å². The number of nitrogens with zero attached hydrogens (tertiary/aromatic N) is 2. The minimum absolute atomic E-state index is 0.235. The average molecular weight is 276 g/mol. The van der Waals surface area contributed by atoms with Gasteiger partial charge in [0.15, 0.2) is 0 Å². The van der Waals surface area contributed by atoms with Crippen LogP contribution in [0.5, 0.6) is 0 Å². The van der Waals surface area contributed by atoms with Crippen LogP contribution in [0, 0.1) is 0 Å². The summed E-state index contributed by atoms with van der Waals surface area (Å²) in [5, 5.41) is 9.40. The Balaban J connectivity index is 2.28. The summed E-state index contributed by atoms with van der Waals surface area (Å²) in [4.78, 5) is 27.3. The first kappa shape index (κ1) is 14.4. The van der Waals surface area contributed by atoms with Gasteiger partial charge in [-0.05, 0) is 38.8 Å². The van der Waals surface area contributed by atoms with Crippen LogP contribution in [0.15, 0.2) is 30.3 Å². The van der Waals surface area contributed by atoms with Crippen molar-refractivity contribution in [3.63, 3.8) is 0 Å². The molecule has 20 heavy (non-hydrogen) atoms. The Labute approximate surface area is 118 Å². The number of hydrogen-bond acceptors (Lipinski definition) is 2. The number of carboxylic acid groups (broad SMARTS) is 1. The standard InChI is InChI=1S/C15H20N2O3/c1-3-16(12-8-5-4-6-9-12)14(20)17-11-7-10-15(17,2)13(18)19/h4-6,8-9H,3,7,10-11H2,1-2H3,(H,18,19). The molecule has 0 aromatic heterocycles. The van der Waals surface area contributed by atoms with E-state index < -0.39 is 11.5 Å². The first-order chi connectivity index (χ1) is 9.50. The van der Waals surface area contributed by atoms with Gasteiger partial charge in [0, 0.05) is 18.8 Å². The SMILES string of the molecule is CCN(C(=O)N1CCCC1(C)C(=O)O)c1ccccc1. The maximum Gasteiger partial charge on any atom is 0.329 e. The van der Waals surface area contributed by atoms with E-state index in [-0.39, 0.29) is 6.03 Å². The molecule has 5 heteroatoms. The molecule has 0 spiro atoms. The lowest BCUT2D eigenvalue weighted by molar-refractivity contribution is -0.147. The molecule has 1 aromatic rings. The fourth-order valence-corrected chi connectivity index (χ4v) is 2.67. The molecule has 0 aliphatic carbocycles. The van der Waals surface area contributed by atoms with Crippen LogP contribution in [0.3, 0.4) is 0 Å². The highest BCUT2D eigenvalue weighted by atomic mass is 16.4. The quantitative estimate of drug-likeness (QED) is 0.923. The number of anilines is 1. The lowest BCUT2D eigenvalue weighted by Gasteiger charge is -2.35. The molecule has 0 bridgehead atoms. The summed E-state index contributed by atoms with van der Waals surface area (Å²) >= 11 is 0. The van der Waals surface area contributed by atoms with Crippen molar-refractivity contribution in [1.82, 2.24) is 4.90 Å². The van der Waals surface area contributed by atoms with E-state index in [1.165, 1.54) is 4.90 Å². The molecule has 5 nitrogen and oxygen atoms in total. The van der Waals surface area contributed by atoms with Crippen LogP contribution in [-0.4, -0.2) is 40.6 Å². The van der Waals surface area contributed by atoms with Crippen LogP contribution in [0.1, 0.15) is 26.7 Å². The summed E-state index contributed by atoms with van der Waals surface area (Å²) in [7, 11) is 0. The van der Waals surface area contributed by atoms with Crippen LogP contribution in [-0.2, 0) is 4.79 Å². The van der Waals surface area contributed by atoms with Gasteiger partial charge in [-0.1, -0.05) is 18.2 Å². The average Bonchev–Trinajstić information content (AvgIpc) is 2.84. The van der Waals surface area contributed by atoms with Crippen LogP contribution in [0.2, 0.25) is 0 Å². The molecule has 1 aromatic carbocycles. The third kappa shape index (κ3) is 2.35. The molecule has 1 aliphatic rings. The Bertz CT molecular complexity index is 503. The minimum Gasteiger partial charge on any atom is -0.480 e. The number of amides is 2. The van der Waals surface area contributed by atoms with Gasteiger partial charge in [-0.2, -0.15) is 0 Å². The van der Waals surface area contributed by atoms with Gasteiger partial charge >= 0.3 is 12.0 Å². The zero-order valence-electron chi connectivity index (χ0n) is 11.9. The third-order valence-corrected chi connectivity index (χ3v) is 3.95. The van der Waals surface area contributed by atoms with Crippen molar-refractivity contribution >= 4 is 17.7 Å². The number of para-hydroxylation sites is 1. The maximum atomic E-state index is 12.7. The first-order valence-corrected chi connectivity index (χ1v) is 6.88. The molecule has 1 saturated heterocycles. The Morgan fingerprint density at radius 2 is 2.00 bits per heavy atom. The van der Waals surface area contributed by atoms with E-state index in [1.54, 1.807) is 11.8 Å². The van der Waals surface area contributed by atoms with E-state index in [4.69, 9.17) is 0 Å². The van der Waals surface area contributed by atoms with Gasteiger partial charge in [0.2, 0.25) is 0 Å². The van der Waals surface area contributed by atoms with Gasteiger partial charge in [-0.25, -0.2) is 9.59 Å². The fraction of sp³-hybridized carbons (Fsp3) is 0.467. The molecule has 1 N–H and O–H groups in total. The van der Waals surface area contributed by atoms with Crippen LogP contribution in [0.4, 0.5) is 10.5 Å². The predicted molar refractivity (Wildman–Crippen MR) is 76.8 cm³/mol. The summed E-state index contributed by atoms with van der Waals surface area (Å²) < 4.78 is 0. The van der Waals surface area contributed by atoms with E-state index in [9.17, 15) is 14.7 Å². The van der Waals surface area contributed by atoms with Crippen molar-refractivity contribution in [2.75, 3.05) is 18.0 Å². The molecule has 1 heterocycles. The third-order valence-electron chi connectivity index (χ3n) is 3.95. The molecule has 2 amide bonds. The van der Waals surface area contributed by atoms with Crippen molar-refractivity contribution in [2.45, 2.75) is 32.2 Å². The number of likely N-dealkylation sites (tertiary alicyclic amines) is 1. The smallest absolute Gasteiger partial charge is 0.329 e. The van der Waals surface area contributed by atoms with Crippen molar-refractivity contribution < 1.29 is 14.7 Å². The van der Waals surface area contributed by atoms with Crippen molar-refractivity contribution in [3.05, 3.63) is 30.3 Å². The number of carboxylic acids is 1. The molecule has 1 fully saturated rings. The monoisotopic (exact) mass is 276 g/mol. The Kier molecular flexibility index (Phi) is 3.97. The second kappa shape index (κ2) is 5.53. The number of benzene rings is 1. The van der Waals surface area contributed by atoms with Crippen LogP contribution in [0.25, 0.3) is 0 Å².